The lowest BCUT2D eigenvalue weighted by atomic mass is 9.74. The Hall–Kier alpha value is -1.55. The smallest absolute Gasteiger partial charge is 0.120 e. The lowest BCUT2D eigenvalue weighted by molar-refractivity contribution is -0.153. The fourth-order valence-electron chi connectivity index (χ4n) is 3.82. The van der Waals surface area contributed by atoms with Gasteiger partial charge in [-0.15, -0.1) is 0 Å². The van der Waals surface area contributed by atoms with Crippen LogP contribution in [-0.2, 0) is 11.2 Å². The molecule has 0 amide bonds. The Labute approximate surface area is 124 Å². The summed E-state index contributed by atoms with van der Waals surface area (Å²) in [5.41, 5.74) is 3.20. The molecule has 112 valence electrons. The summed E-state index contributed by atoms with van der Waals surface area (Å²) in [6.45, 7) is 0.816. The molecule has 4 heteroatoms. The SMILES string of the molecule is O/N=C1/CCc2cc(OC3CCOC4(CCC4)C3)ccc21. The Morgan fingerprint density at radius 3 is 2.95 bits per heavy atom. The van der Waals surface area contributed by atoms with Gasteiger partial charge in [0.25, 0.3) is 0 Å². The van der Waals surface area contributed by atoms with Crippen LogP contribution in [0.1, 0.15) is 49.7 Å². The van der Waals surface area contributed by atoms with Gasteiger partial charge in [-0.3, -0.25) is 0 Å². The highest BCUT2D eigenvalue weighted by molar-refractivity contribution is 6.04. The second-order valence-electron chi connectivity index (χ2n) is 6.48. The summed E-state index contributed by atoms with van der Waals surface area (Å²) in [6, 6.07) is 6.12. The fraction of sp³-hybridized carbons (Fsp3) is 0.588. The van der Waals surface area contributed by atoms with Crippen molar-refractivity contribution in [1.82, 2.24) is 0 Å². The van der Waals surface area contributed by atoms with E-state index in [9.17, 15) is 0 Å². The average Bonchev–Trinajstić information content (AvgIpc) is 2.88. The first-order chi connectivity index (χ1) is 10.3. The van der Waals surface area contributed by atoms with E-state index < -0.39 is 0 Å². The summed E-state index contributed by atoms with van der Waals surface area (Å²) in [6.07, 6.45) is 7.68. The normalized spacial score (nSPS) is 28.4. The molecule has 21 heavy (non-hydrogen) atoms. The van der Waals surface area contributed by atoms with Gasteiger partial charge in [-0.05, 0) is 55.9 Å². The lowest BCUT2D eigenvalue weighted by Gasteiger charge is -2.46. The van der Waals surface area contributed by atoms with Gasteiger partial charge >= 0.3 is 0 Å². The molecule has 1 saturated heterocycles. The van der Waals surface area contributed by atoms with Crippen LogP contribution in [0.2, 0.25) is 0 Å². The Balaban J connectivity index is 1.48. The minimum atomic E-state index is 0.121. The lowest BCUT2D eigenvalue weighted by Crippen LogP contribution is -2.48. The molecule has 1 saturated carbocycles. The highest BCUT2D eigenvalue weighted by atomic mass is 16.5. The van der Waals surface area contributed by atoms with Crippen molar-refractivity contribution < 1.29 is 14.7 Å². The van der Waals surface area contributed by atoms with Crippen molar-refractivity contribution in [3.8, 4) is 5.75 Å². The van der Waals surface area contributed by atoms with E-state index >= 15 is 0 Å². The van der Waals surface area contributed by atoms with Crippen molar-refractivity contribution in [3.63, 3.8) is 0 Å². The van der Waals surface area contributed by atoms with Crippen molar-refractivity contribution in [2.75, 3.05) is 6.61 Å². The highest BCUT2D eigenvalue weighted by Crippen LogP contribution is 2.43. The Morgan fingerprint density at radius 2 is 2.19 bits per heavy atom. The third-order valence-corrected chi connectivity index (χ3v) is 5.15. The van der Waals surface area contributed by atoms with Crippen LogP contribution in [0.25, 0.3) is 0 Å². The number of benzene rings is 1. The van der Waals surface area contributed by atoms with Gasteiger partial charge in [-0.2, -0.15) is 0 Å². The van der Waals surface area contributed by atoms with E-state index in [1.165, 1.54) is 24.8 Å². The van der Waals surface area contributed by atoms with Gasteiger partial charge in [0, 0.05) is 18.4 Å². The zero-order valence-electron chi connectivity index (χ0n) is 12.2. The monoisotopic (exact) mass is 287 g/mol. The van der Waals surface area contributed by atoms with Crippen LogP contribution >= 0.6 is 0 Å². The number of fused-ring (bicyclic) bond motifs is 1. The van der Waals surface area contributed by atoms with E-state index in [0.717, 1.165) is 49.3 Å². The predicted octanol–water partition coefficient (Wildman–Crippen LogP) is 3.29. The Kier molecular flexibility index (Phi) is 3.14. The first-order valence-corrected chi connectivity index (χ1v) is 7.93. The second kappa shape index (κ2) is 5.02. The number of hydrogen-bond acceptors (Lipinski definition) is 4. The van der Waals surface area contributed by atoms with Crippen molar-refractivity contribution >= 4 is 5.71 Å². The zero-order chi connectivity index (χ0) is 14.3. The summed E-state index contributed by atoms with van der Waals surface area (Å²) in [5, 5.41) is 12.3. The summed E-state index contributed by atoms with van der Waals surface area (Å²) in [5.74, 6) is 0.939. The molecule has 0 aromatic heterocycles. The number of rotatable bonds is 2. The quantitative estimate of drug-likeness (QED) is 0.671. The molecule has 2 aliphatic carbocycles. The maximum atomic E-state index is 8.98. The maximum Gasteiger partial charge on any atom is 0.120 e. The van der Waals surface area contributed by atoms with E-state index in [2.05, 4.69) is 11.2 Å². The van der Waals surface area contributed by atoms with Crippen molar-refractivity contribution in [3.05, 3.63) is 29.3 Å². The fourth-order valence-corrected chi connectivity index (χ4v) is 3.82. The van der Waals surface area contributed by atoms with Gasteiger partial charge in [0.2, 0.25) is 0 Å². The topological polar surface area (TPSA) is 51.1 Å². The first-order valence-electron chi connectivity index (χ1n) is 7.93. The molecule has 4 rings (SSSR count). The van der Waals surface area contributed by atoms with Crippen LogP contribution in [-0.4, -0.2) is 29.2 Å². The molecule has 1 atom stereocenters. The molecule has 1 spiro atoms. The Morgan fingerprint density at radius 1 is 1.29 bits per heavy atom. The molecule has 3 aliphatic rings. The van der Waals surface area contributed by atoms with Crippen LogP contribution in [0.5, 0.6) is 5.75 Å². The van der Waals surface area contributed by atoms with Crippen LogP contribution < -0.4 is 4.74 Å². The van der Waals surface area contributed by atoms with E-state index in [4.69, 9.17) is 14.7 Å². The number of ether oxygens (including phenoxy) is 2. The molecule has 1 aliphatic heterocycles. The molecular formula is C17H21NO3. The number of oxime groups is 1. The van der Waals surface area contributed by atoms with Crippen LogP contribution in [0, 0.1) is 0 Å². The Bertz CT molecular complexity index is 577. The molecule has 1 unspecified atom stereocenters. The number of aryl methyl sites for hydroxylation is 1. The highest BCUT2D eigenvalue weighted by Gasteiger charge is 2.43. The summed E-state index contributed by atoms with van der Waals surface area (Å²) >= 11 is 0. The molecule has 1 N–H and O–H groups in total. The third-order valence-electron chi connectivity index (χ3n) is 5.15. The van der Waals surface area contributed by atoms with Crippen molar-refractivity contribution in [1.29, 1.82) is 0 Å². The molecule has 0 bridgehead atoms. The van der Waals surface area contributed by atoms with E-state index in [1.807, 2.05) is 12.1 Å². The first kappa shape index (κ1) is 13.1. The van der Waals surface area contributed by atoms with Gasteiger partial charge in [-0.25, -0.2) is 0 Å². The summed E-state index contributed by atoms with van der Waals surface area (Å²) in [7, 11) is 0. The standard InChI is InChI=1S/C17H21NO3/c19-18-16-5-2-12-10-13(3-4-15(12)16)21-14-6-9-20-17(11-14)7-1-8-17/h3-4,10,14,19H,1-2,5-9,11H2/b18-16-. The number of nitrogens with zero attached hydrogens (tertiary/aromatic N) is 1. The summed E-state index contributed by atoms with van der Waals surface area (Å²) in [4.78, 5) is 0. The third kappa shape index (κ3) is 2.31. The zero-order valence-corrected chi connectivity index (χ0v) is 12.2. The molecule has 1 heterocycles. The minimum absolute atomic E-state index is 0.121. The van der Waals surface area contributed by atoms with Gasteiger partial charge in [0.1, 0.15) is 11.9 Å². The van der Waals surface area contributed by atoms with Gasteiger partial charge in [0.05, 0.1) is 17.9 Å². The molecule has 4 nitrogen and oxygen atoms in total. The van der Waals surface area contributed by atoms with Crippen LogP contribution in [0.4, 0.5) is 0 Å². The maximum absolute atomic E-state index is 8.98. The minimum Gasteiger partial charge on any atom is -0.490 e. The predicted molar refractivity (Wildman–Crippen MR) is 79.3 cm³/mol. The van der Waals surface area contributed by atoms with E-state index in [1.54, 1.807) is 0 Å². The molecule has 1 aromatic rings. The molecular weight excluding hydrogens is 266 g/mol. The largest absolute Gasteiger partial charge is 0.490 e. The molecule has 0 radical (unpaired) electrons. The van der Waals surface area contributed by atoms with Gasteiger partial charge in [0.15, 0.2) is 0 Å². The van der Waals surface area contributed by atoms with Crippen LogP contribution in [0.15, 0.2) is 23.4 Å². The molecule has 2 fully saturated rings. The van der Waals surface area contributed by atoms with E-state index in [-0.39, 0.29) is 11.7 Å². The number of hydrogen-bond donors (Lipinski definition) is 1. The summed E-state index contributed by atoms with van der Waals surface area (Å²) < 4.78 is 12.1. The van der Waals surface area contributed by atoms with Gasteiger partial charge in [-0.1, -0.05) is 5.16 Å². The average molecular weight is 287 g/mol. The second-order valence-corrected chi connectivity index (χ2v) is 6.48. The van der Waals surface area contributed by atoms with Crippen molar-refractivity contribution in [2.45, 2.75) is 56.7 Å². The van der Waals surface area contributed by atoms with Gasteiger partial charge < -0.3 is 14.7 Å². The van der Waals surface area contributed by atoms with Crippen LogP contribution in [0.3, 0.4) is 0 Å². The van der Waals surface area contributed by atoms with Crippen molar-refractivity contribution in [2.24, 2.45) is 5.16 Å². The van der Waals surface area contributed by atoms with E-state index in [0.29, 0.717) is 0 Å². The molecule has 1 aromatic carbocycles.